The molecule has 0 aromatic rings. The Kier molecular flexibility index (Phi) is 4890. The van der Waals surface area contributed by atoms with Crippen LogP contribution in [0, 0.1) is 14.9 Å². The van der Waals surface area contributed by atoms with E-state index in [0.717, 1.165) is 0 Å². The van der Waals surface area contributed by atoms with Gasteiger partial charge in [-0.25, -0.2) is 0 Å². The maximum atomic E-state index is 0. The van der Waals surface area contributed by atoms with Gasteiger partial charge in [-0.15, -0.1) is 0 Å². The van der Waals surface area contributed by atoms with Gasteiger partial charge in [0.2, 0.25) is 0 Å². The van der Waals surface area contributed by atoms with Crippen LogP contribution in [0.15, 0.2) is 0 Å². The third-order valence-corrected chi connectivity index (χ3v) is 0. The van der Waals surface area contributed by atoms with E-state index in [0.29, 0.717) is 0 Å². The predicted molar refractivity (Wildman–Crippen MR) is 45.6 cm³/mol. The number of hydrogen-bond acceptors (Lipinski definition) is 0. The van der Waals surface area contributed by atoms with Crippen LogP contribution in [0.25, 0.3) is 12.3 Å². The molecule has 0 rings (SSSR count). The Morgan fingerprint density at radius 3 is 0.571 bits per heavy atom. The third kappa shape index (κ3) is 107. The van der Waals surface area contributed by atoms with Gasteiger partial charge in [0.25, 0.3) is 0 Å². The van der Waals surface area contributed by atoms with E-state index in [4.69, 9.17) is 0 Å². The summed E-state index contributed by atoms with van der Waals surface area (Å²) in [6, 6.07) is 0. The number of hydrogen-bond donors (Lipinski definition) is 0. The Balaban J connectivity index is 0. The SMILES string of the molecule is P.P.[CH3-].[CH3-].[Ir].[NH2-].[NH2-]. The van der Waals surface area contributed by atoms with Gasteiger partial charge in [0.1, 0.15) is 0 Å². The molecule has 2 nitrogen and oxygen atoms in total. The van der Waals surface area contributed by atoms with Crippen LogP contribution in [-0.2, 0) is 20.1 Å². The van der Waals surface area contributed by atoms with Crippen LogP contribution >= 0.6 is 19.8 Å². The van der Waals surface area contributed by atoms with Gasteiger partial charge in [0.05, 0.1) is 0 Å². The minimum Gasteiger partial charge on any atom is -0.693 e. The molecule has 5 heteroatoms. The van der Waals surface area contributed by atoms with Crippen molar-refractivity contribution >= 4 is 19.8 Å². The molecular formula is C2H16IrN2P2-4. The number of nitrogens with two attached hydrogens (primary N) is 2. The Morgan fingerprint density at radius 2 is 0.571 bits per heavy atom. The molecule has 0 spiro atoms. The van der Waals surface area contributed by atoms with Crippen molar-refractivity contribution < 1.29 is 20.1 Å². The fourth-order valence-corrected chi connectivity index (χ4v) is 0. The average molecular weight is 322 g/mol. The second kappa shape index (κ2) is 150. The smallest absolute Gasteiger partial charge is 0 e. The molecule has 0 aliphatic heterocycles. The second-order valence-corrected chi connectivity index (χ2v) is 0. The molecule has 1 radical (unpaired) electrons. The van der Waals surface area contributed by atoms with E-state index in [1.54, 1.807) is 0 Å². The van der Waals surface area contributed by atoms with Crippen LogP contribution in [0.3, 0.4) is 0 Å². The van der Waals surface area contributed by atoms with Crippen LogP contribution in [0.2, 0.25) is 0 Å². The van der Waals surface area contributed by atoms with Crippen molar-refractivity contribution in [1.82, 2.24) is 0 Å². The standard InChI is InChI=1S/2CH3.Ir.2H2N.2H3P/h2*1H3;;2*1H2;2*1H3/q2*-1;;2*-1;;. The van der Waals surface area contributed by atoms with Crippen molar-refractivity contribution in [3.63, 3.8) is 0 Å². The first-order valence-electron chi connectivity index (χ1n) is 0. The zero-order valence-electron chi connectivity index (χ0n) is 4.90. The summed E-state index contributed by atoms with van der Waals surface area (Å²) in [5.41, 5.74) is 0. The van der Waals surface area contributed by atoms with Crippen LogP contribution in [0.4, 0.5) is 0 Å². The minimum atomic E-state index is 0. The molecule has 2 atom stereocenters. The summed E-state index contributed by atoms with van der Waals surface area (Å²) >= 11 is 0. The van der Waals surface area contributed by atoms with Gasteiger partial charge >= 0.3 is 0 Å². The Hall–Kier alpha value is 1.43. The molecule has 0 aliphatic rings. The summed E-state index contributed by atoms with van der Waals surface area (Å²) in [5, 5.41) is 0. The van der Waals surface area contributed by atoms with Crippen molar-refractivity contribution in [2.24, 2.45) is 0 Å². The van der Waals surface area contributed by atoms with Crippen molar-refractivity contribution in [3.05, 3.63) is 27.2 Å². The van der Waals surface area contributed by atoms with Gasteiger partial charge in [-0.05, 0) is 0 Å². The van der Waals surface area contributed by atoms with Crippen molar-refractivity contribution in [3.8, 4) is 0 Å². The minimum absolute atomic E-state index is 0. The van der Waals surface area contributed by atoms with E-state index >= 15 is 0 Å². The van der Waals surface area contributed by atoms with Crippen LogP contribution in [-0.4, -0.2) is 0 Å². The first kappa shape index (κ1) is 228. The third-order valence-electron chi connectivity index (χ3n) is 0. The number of rotatable bonds is 0. The van der Waals surface area contributed by atoms with E-state index < -0.39 is 0 Å². The van der Waals surface area contributed by atoms with E-state index in [9.17, 15) is 0 Å². The topological polar surface area (TPSA) is 67.0 Å². The average Bonchev–Trinajstić information content (AvgIpc) is 0. The Labute approximate surface area is 67.4 Å². The summed E-state index contributed by atoms with van der Waals surface area (Å²) in [7, 11) is 0. The molecule has 4 N–H and O–H groups in total. The van der Waals surface area contributed by atoms with E-state index in [1.807, 2.05) is 0 Å². The zero-order chi connectivity index (χ0) is 0. The predicted octanol–water partition coefficient (Wildman–Crippen LogP) is 2.45. The molecule has 57 valence electrons. The largest absolute Gasteiger partial charge is 0.693 e. The van der Waals surface area contributed by atoms with Gasteiger partial charge in [-0.1, -0.05) is 0 Å². The summed E-state index contributed by atoms with van der Waals surface area (Å²) in [6.07, 6.45) is 0. The van der Waals surface area contributed by atoms with Crippen LogP contribution in [0.5, 0.6) is 0 Å². The van der Waals surface area contributed by atoms with Gasteiger partial charge < -0.3 is 27.2 Å². The van der Waals surface area contributed by atoms with Gasteiger partial charge in [-0.3, -0.25) is 0 Å². The molecule has 0 bridgehead atoms. The van der Waals surface area contributed by atoms with Crippen LogP contribution < -0.4 is 0 Å². The normalized spacial score (nSPS) is 0. The maximum Gasteiger partial charge on any atom is 0 e. The molecule has 2 unspecified atom stereocenters. The Morgan fingerprint density at radius 1 is 0.571 bits per heavy atom. The molecule has 0 fully saturated rings. The first-order chi connectivity index (χ1) is 0. The summed E-state index contributed by atoms with van der Waals surface area (Å²) in [4.78, 5) is 0. The van der Waals surface area contributed by atoms with Gasteiger partial charge in [0, 0.05) is 20.1 Å². The first-order valence-corrected chi connectivity index (χ1v) is 0. The van der Waals surface area contributed by atoms with Crippen molar-refractivity contribution in [2.75, 3.05) is 0 Å². The molecule has 0 aliphatic carbocycles. The molecule has 0 saturated carbocycles. The molecule has 0 aromatic heterocycles. The van der Waals surface area contributed by atoms with Crippen molar-refractivity contribution in [2.45, 2.75) is 0 Å². The molecule has 0 heterocycles. The molecule has 0 aromatic carbocycles. The van der Waals surface area contributed by atoms with Gasteiger partial charge in [0.15, 0.2) is 0 Å². The van der Waals surface area contributed by atoms with E-state index in [-0.39, 0.29) is 67.1 Å². The maximum absolute atomic E-state index is 0. The fraction of sp³-hybridized carbons (Fsp3) is 0. The summed E-state index contributed by atoms with van der Waals surface area (Å²) < 4.78 is 0. The molecule has 0 saturated heterocycles. The van der Waals surface area contributed by atoms with Crippen LogP contribution in [0.1, 0.15) is 0 Å². The monoisotopic (exact) mass is 323 g/mol. The quantitative estimate of drug-likeness (QED) is 0.486. The zero-order valence-corrected chi connectivity index (χ0v) is 10.1. The Bertz CT molecular complexity index is 13.7. The molecule has 7 heavy (non-hydrogen) atoms. The fourth-order valence-electron chi connectivity index (χ4n) is 0. The van der Waals surface area contributed by atoms with E-state index in [1.165, 1.54) is 0 Å². The summed E-state index contributed by atoms with van der Waals surface area (Å²) in [6.45, 7) is 0. The van der Waals surface area contributed by atoms with Gasteiger partial charge in [-0.2, -0.15) is 19.8 Å². The van der Waals surface area contributed by atoms with E-state index in [2.05, 4.69) is 0 Å². The summed E-state index contributed by atoms with van der Waals surface area (Å²) in [5.74, 6) is 0. The molecular weight excluding hydrogens is 306 g/mol. The van der Waals surface area contributed by atoms with Crippen molar-refractivity contribution in [1.29, 1.82) is 0 Å². The second-order valence-electron chi connectivity index (χ2n) is 0. The molecule has 0 amide bonds.